The molecule has 27 heavy (non-hydrogen) atoms. The fraction of sp³-hybridized carbons (Fsp3) is 0.524. The predicted octanol–water partition coefficient (Wildman–Crippen LogP) is 3.68. The standard InChI is InChI=1S/C21H30N4OS/c1-16-25-17(14-27-16)10-13-23-20(22-2)24-15-21(11-6-7-12-21)18-8-4-5-9-19(18)26-3/h4-5,8-9,14H,6-7,10-13,15H2,1-3H3,(H2,22,23,24). The van der Waals surface area contributed by atoms with E-state index in [-0.39, 0.29) is 5.41 Å². The van der Waals surface area contributed by atoms with Crippen LogP contribution in [0.3, 0.4) is 0 Å². The highest BCUT2D eigenvalue weighted by Gasteiger charge is 2.37. The third-order valence-corrected chi connectivity index (χ3v) is 6.22. The molecular weight excluding hydrogens is 356 g/mol. The number of thiazole rings is 1. The van der Waals surface area contributed by atoms with Crippen LogP contribution < -0.4 is 15.4 Å². The maximum Gasteiger partial charge on any atom is 0.191 e. The zero-order chi connectivity index (χ0) is 19.1. The average Bonchev–Trinajstić information content (AvgIpc) is 3.34. The Morgan fingerprint density at radius 1 is 1.26 bits per heavy atom. The normalized spacial score (nSPS) is 16.3. The molecule has 0 aliphatic heterocycles. The van der Waals surface area contributed by atoms with Crippen LogP contribution in [0.1, 0.15) is 41.9 Å². The molecule has 2 N–H and O–H groups in total. The van der Waals surface area contributed by atoms with Gasteiger partial charge in [0, 0.05) is 42.9 Å². The molecule has 1 aliphatic carbocycles. The van der Waals surface area contributed by atoms with Gasteiger partial charge in [0.05, 0.1) is 17.8 Å². The van der Waals surface area contributed by atoms with E-state index >= 15 is 0 Å². The zero-order valence-electron chi connectivity index (χ0n) is 16.5. The van der Waals surface area contributed by atoms with E-state index in [9.17, 15) is 0 Å². The molecule has 0 atom stereocenters. The summed E-state index contributed by atoms with van der Waals surface area (Å²) in [6.07, 6.45) is 5.78. The predicted molar refractivity (Wildman–Crippen MR) is 113 cm³/mol. The zero-order valence-corrected chi connectivity index (χ0v) is 17.4. The Labute approximate surface area is 166 Å². The molecule has 1 saturated carbocycles. The van der Waals surface area contributed by atoms with Gasteiger partial charge in [0.1, 0.15) is 5.75 Å². The van der Waals surface area contributed by atoms with Gasteiger partial charge in [-0.25, -0.2) is 4.98 Å². The van der Waals surface area contributed by atoms with Gasteiger partial charge in [-0.1, -0.05) is 31.0 Å². The number of ether oxygens (including phenoxy) is 1. The van der Waals surface area contributed by atoms with Crippen LogP contribution >= 0.6 is 11.3 Å². The molecule has 0 amide bonds. The number of hydrogen-bond donors (Lipinski definition) is 2. The van der Waals surface area contributed by atoms with Crippen molar-refractivity contribution in [2.24, 2.45) is 4.99 Å². The van der Waals surface area contributed by atoms with E-state index in [4.69, 9.17) is 4.74 Å². The molecular formula is C21H30N4OS. The lowest BCUT2D eigenvalue weighted by Gasteiger charge is -2.32. The highest BCUT2D eigenvalue weighted by atomic mass is 32.1. The highest BCUT2D eigenvalue weighted by molar-refractivity contribution is 7.09. The molecule has 1 aromatic heterocycles. The third kappa shape index (κ3) is 4.80. The van der Waals surface area contributed by atoms with Gasteiger partial charge >= 0.3 is 0 Å². The number of guanidine groups is 1. The van der Waals surface area contributed by atoms with Crippen molar-refractivity contribution in [3.05, 3.63) is 45.9 Å². The van der Waals surface area contributed by atoms with Crippen LogP contribution in [0.25, 0.3) is 0 Å². The molecule has 1 fully saturated rings. The molecule has 146 valence electrons. The first-order valence-corrected chi connectivity index (χ1v) is 10.5. The summed E-state index contributed by atoms with van der Waals surface area (Å²) in [5.74, 6) is 1.84. The van der Waals surface area contributed by atoms with Crippen molar-refractivity contribution in [3.63, 3.8) is 0 Å². The van der Waals surface area contributed by atoms with E-state index in [0.29, 0.717) is 0 Å². The number of rotatable bonds is 7. The van der Waals surface area contributed by atoms with Crippen molar-refractivity contribution in [3.8, 4) is 5.75 Å². The Balaban J connectivity index is 1.61. The van der Waals surface area contributed by atoms with Crippen molar-refractivity contribution >= 4 is 17.3 Å². The largest absolute Gasteiger partial charge is 0.496 e. The quantitative estimate of drug-likeness (QED) is 0.563. The van der Waals surface area contributed by atoms with Crippen LogP contribution in [0.4, 0.5) is 0 Å². The van der Waals surface area contributed by atoms with Gasteiger partial charge in [0.15, 0.2) is 5.96 Å². The minimum absolute atomic E-state index is 0.107. The van der Waals surface area contributed by atoms with Crippen molar-refractivity contribution in [2.75, 3.05) is 27.2 Å². The molecule has 1 aromatic carbocycles. The van der Waals surface area contributed by atoms with E-state index in [1.54, 1.807) is 18.4 Å². The number of aryl methyl sites for hydroxylation is 1. The number of nitrogens with zero attached hydrogens (tertiary/aromatic N) is 2. The van der Waals surface area contributed by atoms with Crippen LogP contribution in [0.5, 0.6) is 5.75 Å². The smallest absolute Gasteiger partial charge is 0.191 e. The number of nitrogens with one attached hydrogen (secondary N) is 2. The van der Waals surface area contributed by atoms with Gasteiger partial charge in [-0.05, 0) is 25.8 Å². The Morgan fingerprint density at radius 3 is 2.70 bits per heavy atom. The van der Waals surface area contributed by atoms with Crippen molar-refractivity contribution in [1.82, 2.24) is 15.6 Å². The van der Waals surface area contributed by atoms with E-state index in [1.807, 2.05) is 20.0 Å². The molecule has 3 rings (SSSR count). The van der Waals surface area contributed by atoms with E-state index in [1.165, 1.54) is 31.2 Å². The fourth-order valence-electron chi connectivity index (χ4n) is 3.98. The second-order valence-electron chi connectivity index (χ2n) is 7.15. The first kappa shape index (κ1) is 19.7. The number of para-hydroxylation sites is 1. The Morgan fingerprint density at radius 2 is 2.04 bits per heavy atom. The lowest BCUT2D eigenvalue weighted by Crippen LogP contribution is -2.45. The topological polar surface area (TPSA) is 58.5 Å². The van der Waals surface area contributed by atoms with Gasteiger partial charge in [0.2, 0.25) is 0 Å². The van der Waals surface area contributed by atoms with Crippen LogP contribution in [0, 0.1) is 6.92 Å². The van der Waals surface area contributed by atoms with Crippen molar-refractivity contribution in [2.45, 2.75) is 44.4 Å². The fourth-order valence-corrected chi connectivity index (χ4v) is 4.63. The SMILES string of the molecule is CN=C(NCCc1csc(C)n1)NCC1(c2ccccc2OC)CCCC1. The van der Waals surface area contributed by atoms with Crippen LogP contribution in [0.2, 0.25) is 0 Å². The second-order valence-corrected chi connectivity index (χ2v) is 8.21. The number of methoxy groups -OCH3 is 1. The lowest BCUT2D eigenvalue weighted by molar-refractivity contribution is 0.371. The number of hydrogen-bond acceptors (Lipinski definition) is 4. The summed E-state index contributed by atoms with van der Waals surface area (Å²) in [6, 6.07) is 8.44. The molecule has 1 aliphatic rings. The minimum Gasteiger partial charge on any atom is -0.496 e. The number of benzene rings is 1. The van der Waals surface area contributed by atoms with Gasteiger partial charge in [0.25, 0.3) is 0 Å². The van der Waals surface area contributed by atoms with Gasteiger partial charge in [-0.15, -0.1) is 11.3 Å². The van der Waals surface area contributed by atoms with Crippen LogP contribution in [-0.2, 0) is 11.8 Å². The Hall–Kier alpha value is -2.08. The second kappa shape index (κ2) is 9.22. The molecule has 0 saturated heterocycles. The van der Waals surface area contributed by atoms with E-state index < -0.39 is 0 Å². The van der Waals surface area contributed by atoms with Gasteiger partial charge in [-0.2, -0.15) is 0 Å². The monoisotopic (exact) mass is 386 g/mol. The van der Waals surface area contributed by atoms with E-state index in [2.05, 4.69) is 44.2 Å². The van der Waals surface area contributed by atoms with Gasteiger partial charge in [-0.3, -0.25) is 4.99 Å². The molecule has 0 unspecified atom stereocenters. The Bertz CT molecular complexity index is 765. The summed E-state index contributed by atoms with van der Waals surface area (Å²) in [5.41, 5.74) is 2.56. The third-order valence-electron chi connectivity index (χ3n) is 5.40. The molecule has 0 radical (unpaired) electrons. The first-order valence-electron chi connectivity index (χ1n) is 9.66. The summed E-state index contributed by atoms with van der Waals surface area (Å²) in [4.78, 5) is 8.91. The molecule has 2 aromatic rings. The summed E-state index contributed by atoms with van der Waals surface area (Å²) in [5, 5.41) is 10.2. The molecule has 5 nitrogen and oxygen atoms in total. The highest BCUT2D eigenvalue weighted by Crippen LogP contribution is 2.44. The number of aromatic nitrogens is 1. The maximum atomic E-state index is 5.65. The van der Waals surface area contributed by atoms with Gasteiger partial charge < -0.3 is 15.4 Å². The van der Waals surface area contributed by atoms with Crippen molar-refractivity contribution < 1.29 is 4.74 Å². The molecule has 6 heteroatoms. The van der Waals surface area contributed by atoms with Crippen LogP contribution in [0.15, 0.2) is 34.6 Å². The summed E-state index contributed by atoms with van der Waals surface area (Å²) < 4.78 is 5.65. The minimum atomic E-state index is 0.107. The first-order chi connectivity index (χ1) is 13.2. The molecule has 0 bridgehead atoms. The molecule has 0 spiro atoms. The molecule has 1 heterocycles. The Kier molecular flexibility index (Phi) is 6.72. The summed E-state index contributed by atoms with van der Waals surface area (Å²) >= 11 is 1.70. The van der Waals surface area contributed by atoms with Crippen LogP contribution in [-0.4, -0.2) is 38.2 Å². The maximum absolute atomic E-state index is 5.65. The lowest BCUT2D eigenvalue weighted by atomic mass is 9.78. The van der Waals surface area contributed by atoms with Crippen molar-refractivity contribution in [1.29, 1.82) is 0 Å². The van der Waals surface area contributed by atoms with E-state index in [0.717, 1.165) is 41.9 Å². The number of aliphatic imine (C=N–C) groups is 1. The summed E-state index contributed by atoms with van der Waals surface area (Å²) in [6.45, 7) is 3.73. The summed E-state index contributed by atoms with van der Waals surface area (Å²) in [7, 11) is 3.59. The average molecular weight is 387 g/mol.